The lowest BCUT2D eigenvalue weighted by molar-refractivity contribution is -0.287. The van der Waals surface area contributed by atoms with E-state index in [1.807, 2.05) is 0 Å². The summed E-state index contributed by atoms with van der Waals surface area (Å²) in [5, 5.41) is 22.3. The Morgan fingerprint density at radius 2 is 1.14 bits per heavy atom. The fourth-order valence-corrected chi connectivity index (χ4v) is 6.08. The van der Waals surface area contributed by atoms with Gasteiger partial charge in [0.1, 0.15) is 19.2 Å². The predicted molar refractivity (Wildman–Crippen MR) is 202 cm³/mol. The van der Waals surface area contributed by atoms with E-state index >= 15 is 0 Å². The quantitative estimate of drug-likeness (QED) is 0.125. The van der Waals surface area contributed by atoms with Crippen molar-refractivity contribution in [2.24, 2.45) is 0 Å². The molecule has 2 N–H and O–H groups in total. The summed E-state index contributed by atoms with van der Waals surface area (Å²) in [6.07, 6.45) is -16.3. The number of nitrogens with one attached hydrogen (secondary N) is 1. The topological polar surface area (TPSA) is 188 Å². The number of rotatable bonds is 7. The van der Waals surface area contributed by atoms with Gasteiger partial charge in [-0.05, 0) is 13.8 Å². The maximum atomic E-state index is 13.8. The number of allylic oxidation sites excluding steroid dienone is 1. The number of hydrogen-bond acceptors (Lipinski definition) is 10. The van der Waals surface area contributed by atoms with Gasteiger partial charge in [-0.1, -0.05) is 6.58 Å². The fourth-order valence-electron chi connectivity index (χ4n) is 6.08. The highest BCUT2D eigenvalue weighted by Crippen LogP contribution is 2.40. The third-order valence-corrected chi connectivity index (χ3v) is 9.38. The van der Waals surface area contributed by atoms with Crippen molar-refractivity contribution in [3.63, 3.8) is 0 Å². The van der Waals surface area contributed by atoms with E-state index in [1.165, 1.54) is 23.8 Å². The molecule has 0 spiro atoms. The second-order valence-electron chi connectivity index (χ2n) is 14.7. The lowest BCUT2D eigenvalue weighted by atomic mass is 10.1. The average molecular weight is 1010 g/mol. The van der Waals surface area contributed by atoms with Gasteiger partial charge in [-0.15, -0.1) is 0 Å². The Labute approximate surface area is 373 Å². The minimum Gasteiger partial charge on any atom is -0.388 e. The van der Waals surface area contributed by atoms with Crippen LogP contribution in [0.2, 0.25) is 0 Å². The molecule has 0 unspecified atom stereocenters. The second-order valence-corrected chi connectivity index (χ2v) is 14.7. The maximum absolute atomic E-state index is 13.8. The van der Waals surface area contributed by atoms with Gasteiger partial charge in [-0.2, -0.15) is 85.7 Å². The first kappa shape index (κ1) is 53.2. The molecule has 0 atom stereocenters. The van der Waals surface area contributed by atoms with E-state index in [1.54, 1.807) is 13.0 Å². The number of imidazole rings is 2. The maximum Gasteiger partial charge on any atom is 0.455 e. The monoisotopic (exact) mass is 1010 g/mol. The van der Waals surface area contributed by atoms with Crippen molar-refractivity contribution in [1.82, 2.24) is 47.9 Å². The fraction of sp³-hybridized carbons (Fsp3) is 0.432. The number of aryl methyl sites for hydroxylation is 2. The van der Waals surface area contributed by atoms with E-state index in [2.05, 4.69) is 36.5 Å². The molecule has 0 aliphatic carbocycles. The zero-order valence-corrected chi connectivity index (χ0v) is 34.7. The van der Waals surface area contributed by atoms with Gasteiger partial charge in [-0.25, -0.2) is 9.97 Å². The smallest absolute Gasteiger partial charge is 0.388 e. The number of hydrogen-bond donors (Lipinski definition) is 2. The zero-order valence-electron chi connectivity index (χ0n) is 34.7. The molecule has 32 heteroatoms. The highest BCUT2D eigenvalue weighted by atomic mass is 19.4. The van der Waals surface area contributed by atoms with Crippen molar-refractivity contribution in [3.05, 3.63) is 93.3 Å². The van der Waals surface area contributed by atoms with Gasteiger partial charge in [0.05, 0.1) is 62.1 Å². The van der Waals surface area contributed by atoms with Crippen LogP contribution in [0.3, 0.4) is 0 Å². The lowest BCUT2D eigenvalue weighted by Crippen LogP contribution is -2.40. The Hall–Kier alpha value is -6.75. The van der Waals surface area contributed by atoms with Crippen LogP contribution in [0.25, 0.3) is 33.8 Å². The summed E-state index contributed by atoms with van der Waals surface area (Å²) < 4.78 is 221. The van der Waals surface area contributed by atoms with Crippen LogP contribution in [0.1, 0.15) is 28.8 Å². The molecule has 16 nitrogen and oxygen atoms in total. The number of H-pyrrole nitrogens is 1. The van der Waals surface area contributed by atoms with Crippen molar-refractivity contribution in [2.75, 3.05) is 26.4 Å². The summed E-state index contributed by atoms with van der Waals surface area (Å²) in [6, 6.07) is 1.37. The molecule has 2 saturated heterocycles. The molecular weight excluding hydrogens is 982 g/mol. The Kier molecular flexibility index (Phi) is 14.9. The molecule has 2 aliphatic rings. The minimum absolute atomic E-state index is 0.111. The number of nitrogens with zero attached hydrogens (tertiary/aromatic N) is 10. The average Bonchev–Trinajstić information content (AvgIpc) is 3.99. The first-order chi connectivity index (χ1) is 31.7. The number of halogens is 16. The van der Waals surface area contributed by atoms with Crippen molar-refractivity contribution in [2.45, 2.75) is 75.6 Å². The van der Waals surface area contributed by atoms with Crippen LogP contribution in [0.15, 0.2) is 59.4 Å². The summed E-state index contributed by atoms with van der Waals surface area (Å²) in [6.45, 7) is 3.71. The summed E-state index contributed by atoms with van der Waals surface area (Å²) in [4.78, 5) is 34.9. The molecule has 2 fully saturated rings. The van der Waals surface area contributed by atoms with E-state index in [0.29, 0.717) is 49.4 Å². The molecule has 0 saturated carbocycles. The zero-order chi connectivity index (χ0) is 51.8. The van der Waals surface area contributed by atoms with E-state index in [0.717, 1.165) is 15.0 Å². The molecule has 0 radical (unpaired) electrons. The van der Waals surface area contributed by atoms with E-state index < -0.39 is 100 Å². The second kappa shape index (κ2) is 19.3. The minimum atomic E-state index is -5.89. The van der Waals surface area contributed by atoms with Gasteiger partial charge in [0.25, 0.3) is 11.1 Å². The molecular formula is C37H31F16N11O5. The van der Waals surface area contributed by atoms with Crippen LogP contribution in [0, 0.1) is 25.2 Å². The molecule has 8 rings (SSSR count). The van der Waals surface area contributed by atoms with Crippen LogP contribution in [-0.2, 0) is 34.9 Å². The van der Waals surface area contributed by atoms with E-state index in [4.69, 9.17) is 15.1 Å². The molecule has 0 bridgehead atoms. The molecule has 6 aromatic heterocycles. The van der Waals surface area contributed by atoms with Crippen LogP contribution in [0.4, 0.5) is 70.2 Å². The van der Waals surface area contributed by atoms with Gasteiger partial charge in [0.2, 0.25) is 11.6 Å². The normalized spacial score (nSPS) is 15.0. The summed E-state index contributed by atoms with van der Waals surface area (Å²) >= 11 is 0. The molecule has 0 aromatic carbocycles. The number of nitriles is 1. The Morgan fingerprint density at radius 1 is 0.725 bits per heavy atom. The summed E-state index contributed by atoms with van der Waals surface area (Å²) in [7, 11) is 0. The molecule has 376 valence electrons. The number of aromatic amines is 1. The number of alkyl halides is 16. The number of aliphatic hydroxyl groups excluding tert-OH is 1. The first-order valence-corrected chi connectivity index (χ1v) is 18.9. The molecule has 2 aliphatic heterocycles. The Morgan fingerprint density at radius 3 is 1.51 bits per heavy atom. The Bertz CT molecular complexity index is 2960. The van der Waals surface area contributed by atoms with Gasteiger partial charge >= 0.3 is 36.6 Å². The molecule has 69 heavy (non-hydrogen) atoms. The van der Waals surface area contributed by atoms with Crippen molar-refractivity contribution in [1.29, 1.82) is 5.26 Å². The van der Waals surface area contributed by atoms with Gasteiger partial charge < -0.3 is 24.1 Å². The van der Waals surface area contributed by atoms with E-state index in [-0.39, 0.29) is 40.5 Å². The summed E-state index contributed by atoms with van der Waals surface area (Å²) in [5.41, 5.74) is -8.09. The van der Waals surface area contributed by atoms with Crippen molar-refractivity contribution < 1.29 is 84.8 Å². The SMILES string of the molecule is C=CC#N.Cc1cn2c(=O)c(-c3cnn(CC(F)(F)C(F)(F)F)c3)c(C(F)(F)F)nc2[nH]1.Cc1cn2c(=O)c(-c3cnn(CC(F)(F)C(F)(F)F)c3)c(C(F)(F)F)nc2n1C1COC1.OC1COC1. The molecule has 8 heterocycles. The highest BCUT2D eigenvalue weighted by molar-refractivity contribution is 5.67. The number of ether oxygens (including phenoxy) is 2. The first-order valence-electron chi connectivity index (χ1n) is 18.9. The highest BCUT2D eigenvalue weighted by Gasteiger charge is 2.58. The van der Waals surface area contributed by atoms with Crippen LogP contribution < -0.4 is 11.1 Å². The Balaban J connectivity index is 0.000000219. The third-order valence-electron chi connectivity index (χ3n) is 9.38. The van der Waals surface area contributed by atoms with Crippen LogP contribution >= 0.6 is 0 Å². The third kappa shape index (κ3) is 11.6. The van der Waals surface area contributed by atoms with Crippen LogP contribution in [-0.4, -0.2) is 110 Å². The van der Waals surface area contributed by atoms with E-state index in [9.17, 15) is 79.8 Å². The van der Waals surface area contributed by atoms with Crippen molar-refractivity contribution >= 4 is 11.6 Å². The number of fused-ring (bicyclic) bond motifs is 2. The van der Waals surface area contributed by atoms with Gasteiger partial charge in [0.15, 0.2) is 11.4 Å². The molecule has 6 aromatic rings. The standard InChI is InChI=1S/C17H13F8N5O2.C14H9F8N5O.C3H3N.C3H6O2/c1-8-3-29-13(31)11(9-2-26-28(4-9)7-15(18,19)17(23,24)25)12(16(20,21)22)27-14(29)30(8)10-5-32-6-10;1-6-3-27-10(28)8(9(13(17,18)19)25-11(27)24-6)7-2-23-26(4-7)5-12(15,16)14(20,21)22;1-2-3-4;4-3-1-5-2-3/h2-4,10H,5-7H2,1H3;2-4H,5H2,1H3,(H,24,25);2H,1H2;3-4H,1-2H2. The number of aromatic nitrogens is 10. The largest absolute Gasteiger partial charge is 0.455 e. The lowest BCUT2D eigenvalue weighted by Gasteiger charge is -2.28. The van der Waals surface area contributed by atoms with Gasteiger partial charge in [-0.3, -0.25) is 27.8 Å². The van der Waals surface area contributed by atoms with Crippen LogP contribution in [0.5, 0.6) is 0 Å². The number of aliphatic hydroxyl groups is 1. The predicted octanol–water partition coefficient (Wildman–Crippen LogP) is 6.94. The van der Waals surface area contributed by atoms with Gasteiger partial charge in [0, 0.05) is 53.4 Å². The molecule has 0 amide bonds. The van der Waals surface area contributed by atoms with Crippen molar-refractivity contribution in [3.8, 4) is 28.3 Å². The summed E-state index contributed by atoms with van der Waals surface area (Å²) in [5.74, 6) is -11.1.